The fourth-order valence-corrected chi connectivity index (χ4v) is 4.81. The molecule has 1 N–H and O–H groups in total. The third-order valence-electron chi connectivity index (χ3n) is 4.58. The molecule has 1 unspecified atom stereocenters. The molecule has 9 heteroatoms. The van der Waals surface area contributed by atoms with E-state index >= 15 is 0 Å². The Balaban J connectivity index is 1.77. The molecule has 1 fully saturated rings. The first-order chi connectivity index (χ1) is 12.6. The van der Waals surface area contributed by atoms with Crippen LogP contribution >= 0.6 is 0 Å². The van der Waals surface area contributed by atoms with Crippen molar-refractivity contribution in [2.24, 2.45) is 0 Å². The molecule has 3 aromatic heterocycles. The highest BCUT2D eigenvalue weighted by Gasteiger charge is 2.35. The molecule has 136 valence electrons. The number of pyridine rings is 2. The summed E-state index contributed by atoms with van der Waals surface area (Å²) >= 11 is 0. The predicted octanol–water partition coefficient (Wildman–Crippen LogP) is 1.52. The highest BCUT2D eigenvalue weighted by Crippen LogP contribution is 2.30. The molecule has 0 spiro atoms. The van der Waals surface area contributed by atoms with Gasteiger partial charge in [0.1, 0.15) is 4.90 Å². The van der Waals surface area contributed by atoms with Gasteiger partial charge in [-0.1, -0.05) is 18.1 Å². The molecule has 0 radical (unpaired) electrons. The zero-order chi connectivity index (χ0) is 18.1. The molecule has 0 bridgehead atoms. The monoisotopic (exact) mass is 373 g/mol. The summed E-state index contributed by atoms with van der Waals surface area (Å²) in [5, 5.41) is 7.84. The Kier molecular flexibility index (Phi) is 4.43. The van der Waals surface area contributed by atoms with Crippen LogP contribution in [0.3, 0.4) is 0 Å². The number of fused-ring (bicyclic) bond motifs is 1. The lowest BCUT2D eigenvalue weighted by Crippen LogP contribution is -2.48. The first-order valence-electron chi connectivity index (χ1n) is 8.48. The Hall–Kier alpha value is -2.36. The van der Waals surface area contributed by atoms with E-state index in [0.717, 1.165) is 5.56 Å². The van der Waals surface area contributed by atoms with Gasteiger partial charge < -0.3 is 9.84 Å². The van der Waals surface area contributed by atoms with E-state index in [1.54, 1.807) is 18.5 Å². The lowest BCUT2D eigenvalue weighted by Gasteiger charge is -2.35. The molecule has 4 heterocycles. The van der Waals surface area contributed by atoms with Gasteiger partial charge in [0.25, 0.3) is 5.71 Å². The summed E-state index contributed by atoms with van der Waals surface area (Å²) in [5.74, 6) is 0. The van der Waals surface area contributed by atoms with Gasteiger partial charge in [0.2, 0.25) is 10.0 Å². The number of hydrogen-bond donors (Lipinski definition) is 1. The average Bonchev–Trinajstić information content (AvgIpc) is 3.11. The van der Waals surface area contributed by atoms with E-state index in [1.807, 2.05) is 19.1 Å². The second-order valence-corrected chi connectivity index (χ2v) is 8.02. The van der Waals surface area contributed by atoms with Gasteiger partial charge in [-0.3, -0.25) is 4.98 Å². The van der Waals surface area contributed by atoms with Crippen LogP contribution in [0.25, 0.3) is 11.1 Å². The third kappa shape index (κ3) is 2.87. The Bertz CT molecular complexity index is 1020. The number of rotatable bonds is 4. The zero-order valence-electron chi connectivity index (χ0n) is 14.3. The Labute approximate surface area is 151 Å². The SMILES string of the molecule is CCc1noc2ncc(S(=O)(=O)N3CCNCC3c3cccnc3)cc12. The van der Waals surface area contributed by atoms with Crippen molar-refractivity contribution in [3.8, 4) is 0 Å². The van der Waals surface area contributed by atoms with Crippen LogP contribution in [0.4, 0.5) is 0 Å². The van der Waals surface area contributed by atoms with E-state index in [9.17, 15) is 8.42 Å². The second kappa shape index (κ2) is 6.75. The average molecular weight is 373 g/mol. The van der Waals surface area contributed by atoms with Crippen molar-refractivity contribution in [1.29, 1.82) is 0 Å². The lowest BCUT2D eigenvalue weighted by molar-refractivity contribution is 0.271. The van der Waals surface area contributed by atoms with Crippen molar-refractivity contribution >= 4 is 21.1 Å². The molecule has 0 amide bonds. The van der Waals surface area contributed by atoms with Crippen LogP contribution in [0.1, 0.15) is 24.2 Å². The van der Waals surface area contributed by atoms with Crippen LogP contribution in [0.15, 0.2) is 46.2 Å². The fourth-order valence-electron chi connectivity index (χ4n) is 3.22. The van der Waals surface area contributed by atoms with E-state index in [-0.39, 0.29) is 10.9 Å². The number of aryl methyl sites for hydroxylation is 1. The molecular weight excluding hydrogens is 354 g/mol. The molecule has 26 heavy (non-hydrogen) atoms. The van der Waals surface area contributed by atoms with Crippen LogP contribution in [-0.4, -0.2) is 47.5 Å². The summed E-state index contributed by atoms with van der Waals surface area (Å²) in [6.45, 7) is 3.45. The first kappa shape index (κ1) is 17.1. The van der Waals surface area contributed by atoms with Gasteiger partial charge in [0.05, 0.1) is 23.3 Å². The normalized spacial score (nSPS) is 19.0. The quantitative estimate of drug-likeness (QED) is 0.740. The highest BCUT2D eigenvalue weighted by molar-refractivity contribution is 7.89. The van der Waals surface area contributed by atoms with Crippen molar-refractivity contribution in [1.82, 2.24) is 24.7 Å². The van der Waals surface area contributed by atoms with E-state index < -0.39 is 10.0 Å². The fraction of sp³-hybridized carbons (Fsp3) is 0.353. The van der Waals surface area contributed by atoms with Crippen molar-refractivity contribution in [2.45, 2.75) is 24.3 Å². The van der Waals surface area contributed by atoms with Gasteiger partial charge in [-0.05, 0) is 24.1 Å². The summed E-state index contributed by atoms with van der Waals surface area (Å²) < 4.78 is 33.3. The van der Waals surface area contributed by atoms with Gasteiger partial charge in [-0.2, -0.15) is 4.31 Å². The van der Waals surface area contributed by atoms with Crippen LogP contribution in [0.5, 0.6) is 0 Å². The number of nitrogens with one attached hydrogen (secondary N) is 1. The number of nitrogens with zero attached hydrogens (tertiary/aromatic N) is 4. The maximum absolute atomic E-state index is 13.3. The van der Waals surface area contributed by atoms with E-state index in [4.69, 9.17) is 4.52 Å². The molecule has 0 saturated carbocycles. The van der Waals surface area contributed by atoms with Crippen LogP contribution < -0.4 is 5.32 Å². The maximum atomic E-state index is 13.3. The number of piperazine rings is 1. The molecule has 1 aliphatic rings. The molecule has 0 aromatic carbocycles. The molecule has 4 rings (SSSR count). The van der Waals surface area contributed by atoms with Crippen molar-refractivity contribution in [3.05, 3.63) is 48.0 Å². The zero-order valence-corrected chi connectivity index (χ0v) is 15.1. The van der Waals surface area contributed by atoms with Gasteiger partial charge >= 0.3 is 0 Å². The first-order valence-corrected chi connectivity index (χ1v) is 9.92. The van der Waals surface area contributed by atoms with Gasteiger partial charge in [0.15, 0.2) is 0 Å². The van der Waals surface area contributed by atoms with Crippen LogP contribution in [0.2, 0.25) is 0 Å². The third-order valence-corrected chi connectivity index (χ3v) is 6.46. The Morgan fingerprint density at radius 1 is 1.38 bits per heavy atom. The minimum absolute atomic E-state index is 0.152. The van der Waals surface area contributed by atoms with Crippen molar-refractivity contribution in [2.75, 3.05) is 19.6 Å². The highest BCUT2D eigenvalue weighted by atomic mass is 32.2. The largest absolute Gasteiger partial charge is 0.336 e. The smallest absolute Gasteiger partial charge is 0.258 e. The summed E-state index contributed by atoms with van der Waals surface area (Å²) in [7, 11) is -3.72. The van der Waals surface area contributed by atoms with Gasteiger partial charge in [-0.15, -0.1) is 0 Å². The van der Waals surface area contributed by atoms with E-state index in [2.05, 4.69) is 20.4 Å². The van der Waals surface area contributed by atoms with Crippen molar-refractivity contribution < 1.29 is 12.9 Å². The summed E-state index contributed by atoms with van der Waals surface area (Å²) in [6, 6.07) is 5.00. The Morgan fingerprint density at radius 3 is 3.04 bits per heavy atom. The minimum Gasteiger partial charge on any atom is -0.336 e. The minimum atomic E-state index is -3.72. The molecule has 1 saturated heterocycles. The van der Waals surface area contributed by atoms with E-state index in [0.29, 0.717) is 42.8 Å². The van der Waals surface area contributed by atoms with Crippen LogP contribution in [0, 0.1) is 0 Å². The number of aromatic nitrogens is 3. The van der Waals surface area contributed by atoms with Gasteiger partial charge in [-0.25, -0.2) is 13.4 Å². The van der Waals surface area contributed by atoms with E-state index in [1.165, 1.54) is 10.5 Å². The Morgan fingerprint density at radius 2 is 2.27 bits per heavy atom. The molecular formula is C17H19N5O3S. The maximum Gasteiger partial charge on any atom is 0.258 e. The molecule has 8 nitrogen and oxygen atoms in total. The summed E-state index contributed by atoms with van der Waals surface area (Å²) in [4.78, 5) is 8.42. The van der Waals surface area contributed by atoms with Crippen molar-refractivity contribution in [3.63, 3.8) is 0 Å². The van der Waals surface area contributed by atoms with Crippen LogP contribution in [-0.2, 0) is 16.4 Å². The van der Waals surface area contributed by atoms with Gasteiger partial charge in [0, 0.05) is 32.0 Å². The molecule has 0 aliphatic carbocycles. The molecule has 1 aliphatic heterocycles. The molecule has 3 aromatic rings. The number of hydrogen-bond acceptors (Lipinski definition) is 7. The summed E-state index contributed by atoms with van der Waals surface area (Å²) in [6.07, 6.45) is 5.36. The second-order valence-electron chi connectivity index (χ2n) is 6.13. The lowest BCUT2D eigenvalue weighted by atomic mass is 10.1. The summed E-state index contributed by atoms with van der Waals surface area (Å²) in [5.41, 5.74) is 1.91. The standard InChI is InChI=1S/C17H19N5O3S/c1-2-15-14-8-13(10-20-17(14)25-21-15)26(23,24)22-7-6-19-11-16(22)12-4-3-5-18-9-12/h3-5,8-10,16,19H,2,6-7,11H2,1H3. The molecule has 1 atom stereocenters. The predicted molar refractivity (Wildman–Crippen MR) is 94.9 cm³/mol. The topological polar surface area (TPSA) is 101 Å². The number of sulfonamides is 1.